The van der Waals surface area contributed by atoms with Crippen molar-refractivity contribution in [2.45, 2.75) is 19.4 Å². The van der Waals surface area contributed by atoms with E-state index in [0.717, 1.165) is 35.8 Å². The zero-order valence-electron chi connectivity index (χ0n) is 10.8. The molecule has 1 aromatic heterocycles. The maximum atomic E-state index is 5.70. The smallest absolute Gasteiger partial charge is 0.161 e. The van der Waals surface area contributed by atoms with Crippen LogP contribution in [0.3, 0.4) is 0 Å². The Morgan fingerprint density at radius 3 is 2.89 bits per heavy atom. The third-order valence-corrected chi connectivity index (χ3v) is 3.15. The minimum absolute atomic E-state index is 0.176. The molecule has 1 aliphatic rings. The van der Waals surface area contributed by atoms with E-state index in [0.29, 0.717) is 6.61 Å². The van der Waals surface area contributed by atoms with Gasteiger partial charge in [0.05, 0.1) is 25.1 Å². The van der Waals surface area contributed by atoms with Gasteiger partial charge >= 0.3 is 0 Å². The molecule has 1 aliphatic heterocycles. The first-order chi connectivity index (χ1) is 9.33. The molecule has 5 nitrogen and oxygen atoms in total. The molecule has 0 radical (unpaired) electrons. The first-order valence-electron chi connectivity index (χ1n) is 6.48. The predicted octanol–water partition coefficient (Wildman–Crippen LogP) is 2.74. The molecule has 0 amide bonds. The van der Waals surface area contributed by atoms with Gasteiger partial charge in [0.2, 0.25) is 0 Å². The van der Waals surface area contributed by atoms with Gasteiger partial charge in [0.1, 0.15) is 0 Å². The molecule has 0 fully saturated rings. The van der Waals surface area contributed by atoms with Crippen LogP contribution in [-0.2, 0) is 0 Å². The molecule has 19 heavy (non-hydrogen) atoms. The zero-order valence-corrected chi connectivity index (χ0v) is 10.8. The Morgan fingerprint density at radius 2 is 2.11 bits per heavy atom. The lowest BCUT2D eigenvalue weighted by atomic mass is 10.1. The Balaban J connectivity index is 1.79. The zero-order chi connectivity index (χ0) is 13.1. The van der Waals surface area contributed by atoms with Gasteiger partial charge in [-0.3, -0.25) is 5.10 Å². The van der Waals surface area contributed by atoms with E-state index in [2.05, 4.69) is 28.5 Å². The molecule has 100 valence electrons. The summed E-state index contributed by atoms with van der Waals surface area (Å²) in [5.41, 5.74) is 2.13. The molecule has 5 heteroatoms. The number of H-pyrrole nitrogens is 1. The Morgan fingerprint density at radius 1 is 1.26 bits per heavy atom. The number of aromatic amines is 1. The standard InChI is InChI=1S/C14H17N3O2/c1-10(17-12-8-15-16-9-12)11-3-4-13-14(7-11)19-6-2-5-18-13/h3-4,7-10,17H,2,5-6H2,1H3,(H,15,16). The minimum Gasteiger partial charge on any atom is -0.490 e. The van der Waals surface area contributed by atoms with Gasteiger partial charge < -0.3 is 14.8 Å². The third kappa shape index (κ3) is 2.65. The Bertz CT molecular complexity index is 540. The minimum atomic E-state index is 0.176. The van der Waals surface area contributed by atoms with Crippen LogP contribution in [0.15, 0.2) is 30.6 Å². The fraction of sp³-hybridized carbons (Fsp3) is 0.357. The average molecular weight is 259 g/mol. The first kappa shape index (κ1) is 11.9. The highest BCUT2D eigenvalue weighted by molar-refractivity contribution is 5.47. The van der Waals surface area contributed by atoms with Crippen molar-refractivity contribution >= 4 is 5.69 Å². The Hall–Kier alpha value is -2.17. The predicted molar refractivity (Wildman–Crippen MR) is 72.7 cm³/mol. The number of hydrogen-bond donors (Lipinski definition) is 2. The number of nitrogens with one attached hydrogen (secondary N) is 2. The molecule has 1 unspecified atom stereocenters. The van der Waals surface area contributed by atoms with Gasteiger partial charge in [0.25, 0.3) is 0 Å². The molecule has 0 spiro atoms. The Labute approximate surface area is 111 Å². The summed E-state index contributed by atoms with van der Waals surface area (Å²) in [7, 11) is 0. The molecular weight excluding hydrogens is 242 g/mol. The van der Waals surface area contributed by atoms with Gasteiger partial charge in [-0.25, -0.2) is 0 Å². The quantitative estimate of drug-likeness (QED) is 0.889. The van der Waals surface area contributed by atoms with Crippen LogP contribution in [0.25, 0.3) is 0 Å². The fourth-order valence-corrected chi connectivity index (χ4v) is 2.11. The topological polar surface area (TPSA) is 59.2 Å². The largest absolute Gasteiger partial charge is 0.490 e. The van der Waals surface area contributed by atoms with Crippen molar-refractivity contribution in [1.82, 2.24) is 10.2 Å². The van der Waals surface area contributed by atoms with Crippen LogP contribution < -0.4 is 14.8 Å². The molecule has 1 atom stereocenters. The van der Waals surface area contributed by atoms with Crippen molar-refractivity contribution < 1.29 is 9.47 Å². The highest BCUT2D eigenvalue weighted by Crippen LogP contribution is 2.32. The molecule has 0 saturated heterocycles. The molecule has 1 aromatic carbocycles. The SMILES string of the molecule is CC(Nc1cn[nH]c1)c1ccc2c(c1)OCCCO2. The van der Waals surface area contributed by atoms with Crippen LogP contribution in [0.4, 0.5) is 5.69 Å². The van der Waals surface area contributed by atoms with Gasteiger partial charge in [-0.2, -0.15) is 5.10 Å². The third-order valence-electron chi connectivity index (χ3n) is 3.15. The van der Waals surface area contributed by atoms with Crippen molar-refractivity contribution in [2.24, 2.45) is 0 Å². The lowest BCUT2D eigenvalue weighted by Gasteiger charge is -2.16. The molecule has 0 bridgehead atoms. The number of nitrogens with zero attached hydrogens (tertiary/aromatic N) is 1. The summed E-state index contributed by atoms with van der Waals surface area (Å²) in [6.07, 6.45) is 4.52. The maximum Gasteiger partial charge on any atom is 0.161 e. The van der Waals surface area contributed by atoms with E-state index in [4.69, 9.17) is 9.47 Å². The number of benzene rings is 1. The van der Waals surface area contributed by atoms with Crippen LogP contribution in [0, 0.1) is 0 Å². The van der Waals surface area contributed by atoms with Crippen LogP contribution >= 0.6 is 0 Å². The molecule has 2 aromatic rings. The first-order valence-corrected chi connectivity index (χ1v) is 6.48. The number of anilines is 1. The fourth-order valence-electron chi connectivity index (χ4n) is 2.11. The van der Waals surface area contributed by atoms with Crippen LogP contribution in [0.5, 0.6) is 11.5 Å². The summed E-state index contributed by atoms with van der Waals surface area (Å²) in [5, 5.41) is 10.1. The second kappa shape index (κ2) is 5.22. The monoisotopic (exact) mass is 259 g/mol. The maximum absolute atomic E-state index is 5.70. The van der Waals surface area contributed by atoms with E-state index in [1.54, 1.807) is 6.20 Å². The second-order valence-corrected chi connectivity index (χ2v) is 4.61. The van der Waals surface area contributed by atoms with Crippen molar-refractivity contribution in [3.63, 3.8) is 0 Å². The number of aromatic nitrogens is 2. The second-order valence-electron chi connectivity index (χ2n) is 4.61. The molecule has 2 N–H and O–H groups in total. The summed E-state index contributed by atoms with van der Waals surface area (Å²) < 4.78 is 11.3. The van der Waals surface area contributed by atoms with E-state index in [1.807, 2.05) is 18.3 Å². The van der Waals surface area contributed by atoms with Crippen molar-refractivity contribution in [1.29, 1.82) is 0 Å². The molecule has 3 rings (SSSR count). The van der Waals surface area contributed by atoms with E-state index >= 15 is 0 Å². The van der Waals surface area contributed by atoms with E-state index in [9.17, 15) is 0 Å². The summed E-state index contributed by atoms with van der Waals surface area (Å²) in [4.78, 5) is 0. The van der Waals surface area contributed by atoms with Crippen LogP contribution in [-0.4, -0.2) is 23.4 Å². The van der Waals surface area contributed by atoms with Gasteiger partial charge in [-0.05, 0) is 24.6 Å². The number of hydrogen-bond acceptors (Lipinski definition) is 4. The average Bonchev–Trinajstić information content (AvgIpc) is 2.81. The number of fused-ring (bicyclic) bond motifs is 1. The molecule has 2 heterocycles. The number of ether oxygens (including phenoxy) is 2. The van der Waals surface area contributed by atoms with Crippen LogP contribution in [0.1, 0.15) is 24.9 Å². The lowest BCUT2D eigenvalue weighted by Crippen LogP contribution is -2.06. The summed E-state index contributed by atoms with van der Waals surface area (Å²) in [6, 6.07) is 6.25. The Kier molecular flexibility index (Phi) is 3.27. The van der Waals surface area contributed by atoms with Gasteiger partial charge in [-0.15, -0.1) is 0 Å². The highest BCUT2D eigenvalue weighted by atomic mass is 16.5. The van der Waals surface area contributed by atoms with Crippen molar-refractivity contribution in [3.8, 4) is 11.5 Å². The molecule has 0 aliphatic carbocycles. The highest BCUT2D eigenvalue weighted by Gasteiger charge is 2.13. The van der Waals surface area contributed by atoms with Crippen molar-refractivity contribution in [3.05, 3.63) is 36.2 Å². The summed E-state index contributed by atoms with van der Waals surface area (Å²) in [6.45, 7) is 3.53. The van der Waals surface area contributed by atoms with Crippen LogP contribution in [0.2, 0.25) is 0 Å². The lowest BCUT2D eigenvalue weighted by molar-refractivity contribution is 0.297. The van der Waals surface area contributed by atoms with Gasteiger partial charge in [0, 0.05) is 18.7 Å². The number of rotatable bonds is 3. The van der Waals surface area contributed by atoms with Gasteiger partial charge in [-0.1, -0.05) is 6.07 Å². The van der Waals surface area contributed by atoms with E-state index < -0.39 is 0 Å². The van der Waals surface area contributed by atoms with Crippen molar-refractivity contribution in [2.75, 3.05) is 18.5 Å². The molecule has 0 saturated carbocycles. The van der Waals surface area contributed by atoms with E-state index in [-0.39, 0.29) is 6.04 Å². The molecular formula is C14H17N3O2. The summed E-state index contributed by atoms with van der Waals surface area (Å²) >= 11 is 0. The summed E-state index contributed by atoms with van der Waals surface area (Å²) in [5.74, 6) is 1.66. The van der Waals surface area contributed by atoms with Gasteiger partial charge in [0.15, 0.2) is 11.5 Å². The normalized spacial score (nSPS) is 15.6. The van der Waals surface area contributed by atoms with E-state index in [1.165, 1.54) is 0 Å².